The van der Waals surface area contributed by atoms with Crippen molar-refractivity contribution in [3.8, 4) is 17.0 Å². The molecule has 1 aromatic heterocycles. The zero-order valence-corrected chi connectivity index (χ0v) is 17.9. The summed E-state index contributed by atoms with van der Waals surface area (Å²) in [6, 6.07) is 12.1. The van der Waals surface area contributed by atoms with Crippen LogP contribution in [0, 0.1) is 5.82 Å². The van der Waals surface area contributed by atoms with Crippen LogP contribution in [-0.4, -0.2) is 41.9 Å². The molecular formula is C24H19F4N3O3. The summed E-state index contributed by atoms with van der Waals surface area (Å²) in [5, 5.41) is 2.81. The maximum absolute atomic E-state index is 14.5. The summed E-state index contributed by atoms with van der Waals surface area (Å²) in [5.41, 5.74) is 0.0102. The van der Waals surface area contributed by atoms with Crippen LogP contribution in [0.3, 0.4) is 0 Å². The Morgan fingerprint density at radius 2 is 1.65 bits per heavy atom. The van der Waals surface area contributed by atoms with Gasteiger partial charge in [-0.15, -0.1) is 0 Å². The number of ether oxygens (including phenoxy) is 1. The van der Waals surface area contributed by atoms with Crippen LogP contribution in [-0.2, 0) is 12.7 Å². The van der Waals surface area contributed by atoms with Crippen molar-refractivity contribution >= 4 is 11.8 Å². The predicted molar refractivity (Wildman–Crippen MR) is 115 cm³/mol. The summed E-state index contributed by atoms with van der Waals surface area (Å²) in [6.07, 6.45) is -4.68. The van der Waals surface area contributed by atoms with Crippen LogP contribution in [0.25, 0.3) is 11.1 Å². The SMILES string of the molecule is CNCCOc1nc(C(F)(F)F)ccc1-c1cc(F)cc(CN2C(=O)c3ccccc3C2=O)c1. The minimum Gasteiger partial charge on any atom is -0.476 e. The maximum Gasteiger partial charge on any atom is 0.433 e. The number of alkyl halides is 3. The number of carbonyl (C=O) groups excluding carboxylic acids is 2. The van der Waals surface area contributed by atoms with Crippen LogP contribution >= 0.6 is 0 Å². The molecule has 0 radical (unpaired) electrons. The molecule has 2 aromatic carbocycles. The quantitative estimate of drug-likeness (QED) is 0.315. The van der Waals surface area contributed by atoms with Gasteiger partial charge in [0.15, 0.2) is 0 Å². The molecule has 0 fully saturated rings. The molecule has 0 saturated heterocycles. The Balaban J connectivity index is 1.68. The van der Waals surface area contributed by atoms with Crippen molar-refractivity contribution < 1.29 is 31.9 Å². The van der Waals surface area contributed by atoms with E-state index in [-0.39, 0.29) is 46.8 Å². The largest absolute Gasteiger partial charge is 0.476 e. The predicted octanol–water partition coefficient (Wildman–Crippen LogP) is 4.30. The van der Waals surface area contributed by atoms with Crippen LogP contribution in [0.5, 0.6) is 5.88 Å². The standard InChI is InChI=1S/C24H19F4N3O3/c1-29-8-9-34-21-17(6-7-20(30-21)24(26,27)28)15-10-14(11-16(25)12-15)13-31-22(32)18-4-2-3-5-19(18)23(31)33/h2-7,10-12,29H,8-9,13H2,1H3. The van der Waals surface area contributed by atoms with E-state index in [1.54, 1.807) is 19.2 Å². The van der Waals surface area contributed by atoms with Crippen LogP contribution in [0.1, 0.15) is 32.0 Å². The molecule has 2 heterocycles. The first-order chi connectivity index (χ1) is 16.2. The number of nitrogens with zero attached hydrogens (tertiary/aromatic N) is 2. The molecule has 1 N–H and O–H groups in total. The third-order valence-corrected chi connectivity index (χ3v) is 5.23. The fourth-order valence-corrected chi connectivity index (χ4v) is 3.64. The highest BCUT2D eigenvalue weighted by Crippen LogP contribution is 2.35. The number of carbonyl (C=O) groups is 2. The molecule has 0 spiro atoms. The molecule has 0 unspecified atom stereocenters. The van der Waals surface area contributed by atoms with Gasteiger partial charge < -0.3 is 10.1 Å². The molecule has 6 nitrogen and oxygen atoms in total. The lowest BCUT2D eigenvalue weighted by Crippen LogP contribution is -2.29. The summed E-state index contributed by atoms with van der Waals surface area (Å²) >= 11 is 0. The Bertz CT molecular complexity index is 1230. The van der Waals surface area contributed by atoms with Gasteiger partial charge >= 0.3 is 6.18 Å². The van der Waals surface area contributed by atoms with Crippen molar-refractivity contribution in [2.24, 2.45) is 0 Å². The maximum atomic E-state index is 14.5. The Hall–Kier alpha value is -3.79. The molecule has 10 heteroatoms. The van der Waals surface area contributed by atoms with E-state index in [4.69, 9.17) is 4.74 Å². The average molecular weight is 473 g/mol. The molecule has 176 valence electrons. The van der Waals surface area contributed by atoms with E-state index in [0.29, 0.717) is 6.54 Å². The number of benzene rings is 2. The van der Waals surface area contributed by atoms with E-state index < -0.39 is 29.5 Å². The summed E-state index contributed by atoms with van der Waals surface area (Å²) in [4.78, 5) is 29.9. The highest BCUT2D eigenvalue weighted by Gasteiger charge is 2.35. The van der Waals surface area contributed by atoms with E-state index in [0.717, 1.165) is 29.2 Å². The smallest absolute Gasteiger partial charge is 0.433 e. The zero-order valence-electron chi connectivity index (χ0n) is 17.9. The van der Waals surface area contributed by atoms with Gasteiger partial charge in [0.2, 0.25) is 5.88 Å². The van der Waals surface area contributed by atoms with Gasteiger partial charge in [0.25, 0.3) is 11.8 Å². The second kappa shape index (κ2) is 9.22. The first-order valence-electron chi connectivity index (χ1n) is 10.3. The summed E-state index contributed by atoms with van der Waals surface area (Å²) in [5.74, 6) is -2.00. The molecular weight excluding hydrogens is 454 g/mol. The van der Waals surface area contributed by atoms with Gasteiger partial charge in [-0.25, -0.2) is 9.37 Å². The number of rotatable bonds is 7. The average Bonchev–Trinajstić information content (AvgIpc) is 3.03. The van der Waals surface area contributed by atoms with Gasteiger partial charge in [-0.2, -0.15) is 13.2 Å². The first kappa shape index (κ1) is 23.4. The highest BCUT2D eigenvalue weighted by atomic mass is 19.4. The van der Waals surface area contributed by atoms with Gasteiger partial charge in [-0.1, -0.05) is 12.1 Å². The summed E-state index contributed by atoms with van der Waals surface area (Å²) in [7, 11) is 1.65. The minimum atomic E-state index is -4.68. The lowest BCUT2D eigenvalue weighted by atomic mass is 10.0. The fourth-order valence-electron chi connectivity index (χ4n) is 3.64. The third kappa shape index (κ3) is 4.62. The summed E-state index contributed by atoms with van der Waals surface area (Å²) < 4.78 is 59.5. The molecule has 0 atom stereocenters. The lowest BCUT2D eigenvalue weighted by molar-refractivity contribution is -0.141. The molecule has 34 heavy (non-hydrogen) atoms. The van der Waals surface area contributed by atoms with E-state index in [1.807, 2.05) is 0 Å². The Labute approximate surface area is 192 Å². The Morgan fingerprint density at radius 1 is 0.971 bits per heavy atom. The molecule has 3 aromatic rings. The molecule has 4 rings (SSSR count). The monoisotopic (exact) mass is 473 g/mol. The van der Waals surface area contributed by atoms with Gasteiger partial charge in [0, 0.05) is 12.1 Å². The van der Waals surface area contributed by atoms with Crippen LogP contribution in [0.4, 0.5) is 17.6 Å². The molecule has 0 bridgehead atoms. The topological polar surface area (TPSA) is 71.5 Å². The molecule has 0 aliphatic carbocycles. The number of fused-ring (bicyclic) bond motifs is 1. The lowest BCUT2D eigenvalue weighted by Gasteiger charge is -2.17. The van der Waals surface area contributed by atoms with Gasteiger partial charge in [-0.3, -0.25) is 14.5 Å². The second-order valence-corrected chi connectivity index (χ2v) is 7.59. The number of nitrogens with one attached hydrogen (secondary N) is 1. The van der Waals surface area contributed by atoms with Gasteiger partial charge in [0.05, 0.1) is 17.7 Å². The molecule has 2 amide bonds. The van der Waals surface area contributed by atoms with Crippen molar-refractivity contribution in [1.29, 1.82) is 0 Å². The van der Waals surface area contributed by atoms with Crippen LogP contribution < -0.4 is 10.1 Å². The second-order valence-electron chi connectivity index (χ2n) is 7.59. The van der Waals surface area contributed by atoms with E-state index in [9.17, 15) is 27.2 Å². The first-order valence-corrected chi connectivity index (χ1v) is 10.3. The van der Waals surface area contributed by atoms with Gasteiger partial charge in [0.1, 0.15) is 18.1 Å². The fraction of sp³-hybridized carbons (Fsp3) is 0.208. The third-order valence-electron chi connectivity index (χ3n) is 5.23. The number of halogens is 4. The number of imide groups is 1. The Kier molecular flexibility index (Phi) is 6.34. The van der Waals surface area contributed by atoms with Crippen LogP contribution in [0.2, 0.25) is 0 Å². The molecule has 0 saturated carbocycles. The van der Waals surface area contributed by atoms with Crippen molar-refractivity contribution in [2.75, 3.05) is 20.2 Å². The summed E-state index contributed by atoms with van der Waals surface area (Å²) in [6.45, 7) is 0.182. The van der Waals surface area contributed by atoms with E-state index in [1.165, 1.54) is 18.2 Å². The number of pyridine rings is 1. The number of aromatic nitrogens is 1. The number of hydrogen-bond donors (Lipinski definition) is 1. The number of amides is 2. The van der Waals surface area contributed by atoms with Crippen LogP contribution in [0.15, 0.2) is 54.6 Å². The highest BCUT2D eigenvalue weighted by molar-refractivity contribution is 6.21. The van der Waals surface area contributed by atoms with Crippen molar-refractivity contribution in [3.63, 3.8) is 0 Å². The number of hydrogen-bond acceptors (Lipinski definition) is 5. The normalized spacial score (nSPS) is 13.4. The van der Waals surface area contributed by atoms with E-state index >= 15 is 0 Å². The zero-order chi connectivity index (χ0) is 24.5. The minimum absolute atomic E-state index is 0.0367. The molecule has 1 aliphatic heterocycles. The van der Waals surface area contributed by atoms with Gasteiger partial charge in [-0.05, 0) is 60.6 Å². The molecule has 1 aliphatic rings. The van der Waals surface area contributed by atoms with Crippen molar-refractivity contribution in [2.45, 2.75) is 12.7 Å². The number of likely N-dealkylation sites (N-methyl/N-ethyl adjacent to an activating group) is 1. The van der Waals surface area contributed by atoms with Crippen molar-refractivity contribution in [3.05, 3.63) is 82.8 Å². The van der Waals surface area contributed by atoms with E-state index in [2.05, 4.69) is 10.3 Å². The Morgan fingerprint density at radius 3 is 2.26 bits per heavy atom. The van der Waals surface area contributed by atoms with Crippen molar-refractivity contribution in [1.82, 2.24) is 15.2 Å².